The number of H-pyrrole nitrogens is 1. The fraction of sp³-hybridized carbons (Fsp3) is 0.100. The molecule has 0 fully saturated rings. The summed E-state index contributed by atoms with van der Waals surface area (Å²) in [6, 6.07) is 7.94. The number of hydrogen-bond acceptors (Lipinski definition) is 2. The summed E-state index contributed by atoms with van der Waals surface area (Å²) in [4.78, 5) is 7.41. The molecule has 0 bridgehead atoms. The molecule has 0 saturated carbocycles. The van der Waals surface area contributed by atoms with E-state index in [0.29, 0.717) is 6.54 Å². The Bertz CT molecular complexity index is 436. The monoisotopic (exact) mass is 251 g/mol. The standard InChI is InChI=1S/C10H10BrN3/c11-9-4-2-1-3-8(9)10-13-6-7(5-12)14-10/h1-4,6H,5,12H2,(H,13,14). The summed E-state index contributed by atoms with van der Waals surface area (Å²) >= 11 is 3.47. The maximum absolute atomic E-state index is 5.50. The van der Waals surface area contributed by atoms with Gasteiger partial charge in [0.15, 0.2) is 0 Å². The van der Waals surface area contributed by atoms with Crippen LogP contribution < -0.4 is 5.73 Å². The number of benzene rings is 1. The number of nitrogens with two attached hydrogens (primary N) is 1. The molecule has 0 aliphatic carbocycles. The Morgan fingerprint density at radius 3 is 2.79 bits per heavy atom. The van der Waals surface area contributed by atoms with Crippen molar-refractivity contribution in [1.29, 1.82) is 0 Å². The van der Waals surface area contributed by atoms with E-state index in [2.05, 4.69) is 25.9 Å². The molecular formula is C10H10BrN3. The summed E-state index contributed by atoms with van der Waals surface area (Å²) in [6.45, 7) is 0.484. The highest BCUT2D eigenvalue weighted by atomic mass is 79.9. The summed E-state index contributed by atoms with van der Waals surface area (Å²) in [5.41, 5.74) is 7.49. The quantitative estimate of drug-likeness (QED) is 0.861. The molecule has 0 aliphatic heterocycles. The predicted molar refractivity (Wildman–Crippen MR) is 59.6 cm³/mol. The van der Waals surface area contributed by atoms with Crippen molar-refractivity contribution in [3.8, 4) is 11.4 Å². The maximum atomic E-state index is 5.50. The van der Waals surface area contributed by atoms with Gasteiger partial charge in [0.05, 0.1) is 0 Å². The topological polar surface area (TPSA) is 54.7 Å². The number of halogens is 1. The molecule has 1 heterocycles. The van der Waals surface area contributed by atoms with Crippen LogP contribution in [0.1, 0.15) is 5.69 Å². The third-order valence-electron chi connectivity index (χ3n) is 1.98. The van der Waals surface area contributed by atoms with Crippen molar-refractivity contribution in [2.24, 2.45) is 5.73 Å². The van der Waals surface area contributed by atoms with E-state index in [1.54, 1.807) is 6.20 Å². The third-order valence-corrected chi connectivity index (χ3v) is 2.67. The van der Waals surface area contributed by atoms with Crippen molar-refractivity contribution >= 4 is 15.9 Å². The minimum atomic E-state index is 0.484. The summed E-state index contributed by atoms with van der Waals surface area (Å²) in [5, 5.41) is 0. The number of nitrogens with zero attached hydrogens (tertiary/aromatic N) is 1. The summed E-state index contributed by atoms with van der Waals surface area (Å²) in [7, 11) is 0. The molecule has 1 aromatic carbocycles. The summed E-state index contributed by atoms with van der Waals surface area (Å²) in [5.74, 6) is 0.845. The second kappa shape index (κ2) is 3.94. The van der Waals surface area contributed by atoms with Crippen LogP contribution in [0.4, 0.5) is 0 Å². The van der Waals surface area contributed by atoms with Crippen LogP contribution in [0.3, 0.4) is 0 Å². The van der Waals surface area contributed by atoms with E-state index >= 15 is 0 Å². The SMILES string of the molecule is NCc1cnc(-c2ccccc2Br)[nH]1. The van der Waals surface area contributed by atoms with Crippen LogP contribution in [0, 0.1) is 0 Å². The van der Waals surface area contributed by atoms with Gasteiger partial charge in [0.2, 0.25) is 0 Å². The van der Waals surface area contributed by atoms with Gasteiger partial charge in [-0.3, -0.25) is 0 Å². The number of imidazole rings is 1. The lowest BCUT2D eigenvalue weighted by Crippen LogP contribution is -1.95. The first-order valence-corrected chi connectivity index (χ1v) is 5.09. The van der Waals surface area contributed by atoms with Gasteiger partial charge in [0.1, 0.15) is 5.82 Å². The molecule has 0 radical (unpaired) electrons. The Morgan fingerprint density at radius 2 is 2.14 bits per heavy atom. The molecule has 72 valence electrons. The fourth-order valence-corrected chi connectivity index (χ4v) is 1.73. The lowest BCUT2D eigenvalue weighted by molar-refractivity contribution is 1.01. The average Bonchev–Trinajstić information content (AvgIpc) is 2.67. The van der Waals surface area contributed by atoms with Gasteiger partial charge in [-0.15, -0.1) is 0 Å². The van der Waals surface area contributed by atoms with E-state index in [1.807, 2.05) is 24.3 Å². The lowest BCUT2D eigenvalue weighted by atomic mass is 10.2. The highest BCUT2D eigenvalue weighted by molar-refractivity contribution is 9.10. The molecule has 0 aliphatic rings. The molecule has 0 spiro atoms. The van der Waals surface area contributed by atoms with E-state index < -0.39 is 0 Å². The van der Waals surface area contributed by atoms with Crippen LogP contribution in [0.2, 0.25) is 0 Å². The van der Waals surface area contributed by atoms with Gasteiger partial charge < -0.3 is 10.7 Å². The van der Waals surface area contributed by atoms with Crippen molar-refractivity contribution in [3.05, 3.63) is 40.6 Å². The second-order valence-corrected chi connectivity index (χ2v) is 3.80. The Kier molecular flexibility index (Phi) is 2.65. The highest BCUT2D eigenvalue weighted by Crippen LogP contribution is 2.25. The molecule has 0 amide bonds. The molecule has 2 aromatic rings. The van der Waals surface area contributed by atoms with Crippen LogP contribution in [-0.2, 0) is 6.54 Å². The van der Waals surface area contributed by atoms with E-state index in [4.69, 9.17) is 5.73 Å². The molecule has 1 aromatic heterocycles. The van der Waals surface area contributed by atoms with Gasteiger partial charge in [0, 0.05) is 28.5 Å². The van der Waals surface area contributed by atoms with Gasteiger partial charge in [-0.25, -0.2) is 4.98 Å². The van der Waals surface area contributed by atoms with Gasteiger partial charge in [-0.1, -0.05) is 34.1 Å². The molecule has 0 saturated heterocycles. The van der Waals surface area contributed by atoms with Crippen molar-refractivity contribution in [2.75, 3.05) is 0 Å². The minimum absolute atomic E-state index is 0.484. The van der Waals surface area contributed by atoms with Gasteiger partial charge in [0.25, 0.3) is 0 Å². The first kappa shape index (κ1) is 9.43. The first-order valence-electron chi connectivity index (χ1n) is 4.30. The van der Waals surface area contributed by atoms with Gasteiger partial charge in [-0.05, 0) is 6.07 Å². The van der Waals surface area contributed by atoms with Gasteiger partial charge >= 0.3 is 0 Å². The van der Waals surface area contributed by atoms with Crippen molar-refractivity contribution in [3.63, 3.8) is 0 Å². The summed E-state index contributed by atoms with van der Waals surface area (Å²) < 4.78 is 1.03. The number of rotatable bonds is 2. The smallest absolute Gasteiger partial charge is 0.138 e. The van der Waals surface area contributed by atoms with Crippen LogP contribution >= 0.6 is 15.9 Å². The van der Waals surface area contributed by atoms with E-state index in [9.17, 15) is 0 Å². The van der Waals surface area contributed by atoms with Crippen LogP contribution in [0.25, 0.3) is 11.4 Å². The molecule has 14 heavy (non-hydrogen) atoms. The van der Waals surface area contributed by atoms with E-state index in [0.717, 1.165) is 21.6 Å². The lowest BCUT2D eigenvalue weighted by Gasteiger charge is -1.99. The molecule has 3 nitrogen and oxygen atoms in total. The highest BCUT2D eigenvalue weighted by Gasteiger charge is 2.05. The Morgan fingerprint density at radius 1 is 1.36 bits per heavy atom. The van der Waals surface area contributed by atoms with Crippen molar-refractivity contribution < 1.29 is 0 Å². The molecular weight excluding hydrogens is 242 g/mol. The zero-order valence-electron chi connectivity index (χ0n) is 7.50. The molecule has 4 heteroatoms. The second-order valence-electron chi connectivity index (χ2n) is 2.94. The van der Waals surface area contributed by atoms with Crippen LogP contribution in [-0.4, -0.2) is 9.97 Å². The fourth-order valence-electron chi connectivity index (χ4n) is 1.25. The third kappa shape index (κ3) is 1.71. The number of aromatic nitrogens is 2. The summed E-state index contributed by atoms with van der Waals surface area (Å²) in [6.07, 6.45) is 1.76. The Balaban J connectivity index is 2.44. The molecule has 0 atom stereocenters. The predicted octanol–water partition coefficient (Wildman–Crippen LogP) is 2.30. The number of hydrogen-bond donors (Lipinski definition) is 2. The van der Waals surface area contributed by atoms with Gasteiger partial charge in [-0.2, -0.15) is 0 Å². The number of nitrogens with one attached hydrogen (secondary N) is 1. The average molecular weight is 252 g/mol. The van der Waals surface area contributed by atoms with Crippen molar-refractivity contribution in [1.82, 2.24) is 9.97 Å². The van der Waals surface area contributed by atoms with E-state index in [1.165, 1.54) is 0 Å². The van der Waals surface area contributed by atoms with Crippen molar-refractivity contribution in [2.45, 2.75) is 6.54 Å². The van der Waals surface area contributed by atoms with E-state index in [-0.39, 0.29) is 0 Å². The maximum Gasteiger partial charge on any atom is 0.138 e. The molecule has 0 unspecified atom stereocenters. The zero-order valence-corrected chi connectivity index (χ0v) is 9.08. The molecule has 3 N–H and O–H groups in total. The Labute approximate surface area is 90.5 Å². The van der Waals surface area contributed by atoms with Crippen LogP contribution in [0.5, 0.6) is 0 Å². The minimum Gasteiger partial charge on any atom is -0.341 e. The normalized spacial score (nSPS) is 10.4. The first-order chi connectivity index (χ1) is 6.81. The zero-order chi connectivity index (χ0) is 9.97. The van der Waals surface area contributed by atoms with Crippen LogP contribution in [0.15, 0.2) is 34.9 Å². The Hall–Kier alpha value is -1.13. The number of aromatic amines is 1. The molecule has 2 rings (SSSR count). The largest absolute Gasteiger partial charge is 0.341 e.